The number of hydrogen-bond acceptors (Lipinski definition) is 6. The highest BCUT2D eigenvalue weighted by molar-refractivity contribution is 5.71. The minimum absolute atomic E-state index is 0.0649. The smallest absolute Gasteiger partial charge is 0.306 e. The monoisotopic (exact) mass is 835 g/mol. The molecule has 0 rings (SSSR count). The van der Waals surface area contributed by atoms with Gasteiger partial charge >= 0.3 is 17.9 Å². The molecule has 0 spiro atoms. The summed E-state index contributed by atoms with van der Waals surface area (Å²) in [5.74, 6) is 1.65. The maximum atomic E-state index is 12.8. The first-order chi connectivity index (χ1) is 28.6. The van der Waals surface area contributed by atoms with Crippen LogP contribution in [0.2, 0.25) is 0 Å². The molecule has 0 aliphatic heterocycles. The lowest BCUT2D eigenvalue weighted by Gasteiger charge is -2.18. The van der Waals surface area contributed by atoms with E-state index in [1.807, 2.05) is 0 Å². The summed E-state index contributed by atoms with van der Waals surface area (Å²) in [6.07, 6.45) is 43.7. The van der Waals surface area contributed by atoms with Gasteiger partial charge in [0.15, 0.2) is 6.10 Å². The van der Waals surface area contributed by atoms with E-state index in [4.69, 9.17) is 14.2 Å². The third kappa shape index (κ3) is 45.8. The van der Waals surface area contributed by atoms with Gasteiger partial charge in [-0.05, 0) is 37.0 Å². The van der Waals surface area contributed by atoms with Gasteiger partial charge in [0.1, 0.15) is 13.2 Å². The molecular weight excluding hydrogens is 733 g/mol. The summed E-state index contributed by atoms with van der Waals surface area (Å²) < 4.78 is 16.8. The topological polar surface area (TPSA) is 78.9 Å². The maximum absolute atomic E-state index is 12.8. The van der Waals surface area contributed by atoms with Gasteiger partial charge in [0.2, 0.25) is 0 Å². The first kappa shape index (κ1) is 57.4. The highest BCUT2D eigenvalue weighted by Crippen LogP contribution is 2.18. The van der Waals surface area contributed by atoms with Gasteiger partial charge in [-0.3, -0.25) is 14.4 Å². The van der Waals surface area contributed by atoms with Gasteiger partial charge in [0, 0.05) is 19.3 Å². The Morgan fingerprint density at radius 1 is 0.339 bits per heavy atom. The van der Waals surface area contributed by atoms with Crippen molar-refractivity contribution < 1.29 is 28.6 Å². The Kier molecular flexibility index (Phi) is 43.3. The summed E-state index contributed by atoms with van der Waals surface area (Å²) in [4.78, 5) is 38.0. The van der Waals surface area contributed by atoms with Crippen LogP contribution in [0.15, 0.2) is 0 Å². The number of esters is 3. The number of carbonyl (C=O) groups excluding carboxylic acids is 3. The summed E-state index contributed by atoms with van der Waals surface area (Å²) in [5, 5.41) is 0. The second kappa shape index (κ2) is 44.5. The van der Waals surface area contributed by atoms with Crippen molar-refractivity contribution in [1.82, 2.24) is 0 Å². The second-order valence-electron chi connectivity index (χ2n) is 19.4. The molecule has 59 heavy (non-hydrogen) atoms. The molecule has 6 heteroatoms. The number of rotatable bonds is 46. The van der Waals surface area contributed by atoms with Crippen LogP contribution in [0.1, 0.15) is 286 Å². The lowest BCUT2D eigenvalue weighted by Crippen LogP contribution is -2.30. The van der Waals surface area contributed by atoms with E-state index in [2.05, 4.69) is 41.5 Å². The molecule has 0 aromatic carbocycles. The zero-order valence-corrected chi connectivity index (χ0v) is 40.5. The fourth-order valence-electron chi connectivity index (χ4n) is 7.91. The fourth-order valence-corrected chi connectivity index (χ4v) is 7.91. The van der Waals surface area contributed by atoms with E-state index in [1.165, 1.54) is 167 Å². The normalized spacial score (nSPS) is 12.6. The lowest BCUT2D eigenvalue weighted by molar-refractivity contribution is -0.167. The third-order valence-corrected chi connectivity index (χ3v) is 12.3. The molecule has 350 valence electrons. The van der Waals surface area contributed by atoms with E-state index in [0.29, 0.717) is 19.3 Å². The van der Waals surface area contributed by atoms with Crippen molar-refractivity contribution >= 4 is 17.9 Å². The van der Waals surface area contributed by atoms with Crippen molar-refractivity contribution in [1.29, 1.82) is 0 Å². The second-order valence-corrected chi connectivity index (χ2v) is 19.4. The summed E-state index contributed by atoms with van der Waals surface area (Å²) in [7, 11) is 0. The number of hydrogen-bond donors (Lipinski definition) is 0. The molecule has 6 nitrogen and oxygen atoms in total. The van der Waals surface area contributed by atoms with Crippen LogP contribution >= 0.6 is 0 Å². The first-order valence-electron chi connectivity index (χ1n) is 26.1. The van der Waals surface area contributed by atoms with Crippen molar-refractivity contribution in [2.75, 3.05) is 13.2 Å². The molecule has 1 unspecified atom stereocenters. The molecular formula is C53H102O6. The van der Waals surface area contributed by atoms with Crippen LogP contribution in [0.25, 0.3) is 0 Å². The third-order valence-electron chi connectivity index (χ3n) is 12.3. The van der Waals surface area contributed by atoms with Crippen molar-refractivity contribution in [2.24, 2.45) is 17.8 Å². The predicted octanol–water partition coefficient (Wildman–Crippen LogP) is 16.8. The molecule has 0 aromatic rings. The maximum Gasteiger partial charge on any atom is 0.306 e. The van der Waals surface area contributed by atoms with Gasteiger partial charge in [0.25, 0.3) is 0 Å². The highest BCUT2D eigenvalue weighted by Gasteiger charge is 2.19. The molecule has 0 amide bonds. The summed E-state index contributed by atoms with van der Waals surface area (Å²) in [6.45, 7) is 13.7. The van der Waals surface area contributed by atoms with E-state index in [0.717, 1.165) is 75.5 Å². The summed E-state index contributed by atoms with van der Waals surface area (Å²) in [5.41, 5.74) is 0. The van der Waals surface area contributed by atoms with Gasteiger partial charge in [-0.25, -0.2) is 0 Å². The number of carbonyl (C=O) groups is 3. The van der Waals surface area contributed by atoms with Crippen LogP contribution in [-0.2, 0) is 28.6 Å². The molecule has 0 aliphatic carbocycles. The van der Waals surface area contributed by atoms with E-state index < -0.39 is 6.10 Å². The van der Waals surface area contributed by atoms with Crippen molar-refractivity contribution in [3.8, 4) is 0 Å². The Morgan fingerprint density at radius 3 is 0.881 bits per heavy atom. The van der Waals surface area contributed by atoms with Crippen LogP contribution in [-0.4, -0.2) is 37.2 Å². The molecule has 0 radical (unpaired) electrons. The van der Waals surface area contributed by atoms with Gasteiger partial charge < -0.3 is 14.2 Å². The van der Waals surface area contributed by atoms with Crippen molar-refractivity contribution in [3.63, 3.8) is 0 Å². The molecule has 0 aliphatic rings. The summed E-state index contributed by atoms with van der Waals surface area (Å²) >= 11 is 0. The van der Waals surface area contributed by atoms with E-state index in [9.17, 15) is 14.4 Å². The zero-order valence-electron chi connectivity index (χ0n) is 40.5. The Labute approximate surface area is 368 Å². The van der Waals surface area contributed by atoms with E-state index in [1.54, 1.807) is 0 Å². The Balaban J connectivity index is 4.31. The van der Waals surface area contributed by atoms with Gasteiger partial charge in [-0.1, -0.05) is 247 Å². The zero-order chi connectivity index (χ0) is 43.4. The fraction of sp³-hybridized carbons (Fsp3) is 0.943. The van der Waals surface area contributed by atoms with Gasteiger partial charge in [0.05, 0.1) is 0 Å². The predicted molar refractivity (Wildman–Crippen MR) is 252 cm³/mol. The first-order valence-corrected chi connectivity index (χ1v) is 26.1. The molecule has 0 saturated carbocycles. The Bertz CT molecular complexity index is 916. The van der Waals surface area contributed by atoms with Gasteiger partial charge in [-0.15, -0.1) is 0 Å². The SMILES string of the molecule is CCC(C)CCCCCCCCCCC(=O)O[C@@H](COC(=O)CCCCCCCCCCCCCCCC(C)C)COC(=O)CCCCCCCCCCCCC(C)C. The van der Waals surface area contributed by atoms with Crippen LogP contribution in [0.4, 0.5) is 0 Å². The minimum atomic E-state index is -0.763. The highest BCUT2D eigenvalue weighted by atomic mass is 16.6. The molecule has 0 heterocycles. The van der Waals surface area contributed by atoms with Crippen molar-refractivity contribution in [3.05, 3.63) is 0 Å². The average molecular weight is 835 g/mol. The van der Waals surface area contributed by atoms with E-state index in [-0.39, 0.29) is 31.1 Å². The Hall–Kier alpha value is -1.59. The molecule has 2 atom stereocenters. The van der Waals surface area contributed by atoms with Crippen LogP contribution < -0.4 is 0 Å². The van der Waals surface area contributed by atoms with Crippen LogP contribution in [0, 0.1) is 17.8 Å². The molecule has 0 saturated heterocycles. The van der Waals surface area contributed by atoms with Crippen LogP contribution in [0.5, 0.6) is 0 Å². The Morgan fingerprint density at radius 2 is 0.593 bits per heavy atom. The molecule has 0 bridgehead atoms. The summed E-state index contributed by atoms with van der Waals surface area (Å²) in [6, 6.07) is 0. The molecule has 0 fully saturated rings. The van der Waals surface area contributed by atoms with Crippen LogP contribution in [0.3, 0.4) is 0 Å². The van der Waals surface area contributed by atoms with Gasteiger partial charge in [-0.2, -0.15) is 0 Å². The van der Waals surface area contributed by atoms with E-state index >= 15 is 0 Å². The molecule has 0 N–H and O–H groups in total. The number of ether oxygens (including phenoxy) is 3. The number of unbranched alkanes of at least 4 members (excludes halogenated alkanes) is 28. The lowest BCUT2D eigenvalue weighted by atomic mass is 9.99. The standard InChI is InChI=1S/C53H102O6/c1-7-49(6)41-35-29-23-19-20-26-32-38-44-53(56)59-50(46-58-52(55)43-37-31-25-18-14-13-16-22-28-34-40-48(4)5)45-57-51(54)42-36-30-24-17-12-10-8-9-11-15-21-27-33-39-47(2)3/h47-50H,7-46H2,1-6H3/t49?,50-/m0/s1. The van der Waals surface area contributed by atoms with Crippen molar-refractivity contribution in [2.45, 2.75) is 292 Å². The largest absolute Gasteiger partial charge is 0.462 e. The minimum Gasteiger partial charge on any atom is -0.462 e. The molecule has 0 aromatic heterocycles. The quantitative estimate of drug-likeness (QED) is 0.0345. The average Bonchev–Trinajstić information content (AvgIpc) is 3.20.